The van der Waals surface area contributed by atoms with Crippen molar-refractivity contribution in [3.63, 3.8) is 0 Å². The van der Waals surface area contributed by atoms with Gasteiger partial charge in [-0.3, -0.25) is 4.98 Å². The molecule has 0 aliphatic heterocycles. The molecule has 0 aliphatic rings. The Hall–Kier alpha value is -2.95. The van der Waals surface area contributed by atoms with Gasteiger partial charge in [-0.15, -0.1) is 35.9 Å². The van der Waals surface area contributed by atoms with Gasteiger partial charge in [0.1, 0.15) is 5.69 Å². The van der Waals surface area contributed by atoms with Gasteiger partial charge in [-0.25, -0.2) is 9.78 Å². The van der Waals surface area contributed by atoms with E-state index in [0.717, 1.165) is 16.6 Å². The molecule has 0 unspecified atom stereocenters. The third-order valence-electron chi connectivity index (χ3n) is 3.37. The summed E-state index contributed by atoms with van der Waals surface area (Å²) in [4.78, 5) is 22.7. The van der Waals surface area contributed by atoms with Crippen molar-refractivity contribution in [2.75, 3.05) is 0 Å². The number of hydrogen-bond donors (Lipinski definition) is 1. The fourth-order valence-corrected chi connectivity index (χ4v) is 2.18. The monoisotopic (exact) mass is 521 g/mol. The minimum Gasteiger partial charge on any atom is -0.477 e. The summed E-state index contributed by atoms with van der Waals surface area (Å²) in [5.74, 6) is -0.995. The van der Waals surface area contributed by atoms with Crippen LogP contribution in [0.2, 0.25) is 0 Å². The van der Waals surface area contributed by atoms with Crippen molar-refractivity contribution >= 4 is 16.9 Å². The number of carbonyl (C=O) groups is 1. The molecule has 2 aromatic carbocycles. The van der Waals surface area contributed by atoms with Gasteiger partial charge in [0, 0.05) is 49.8 Å². The maximum Gasteiger partial charge on any atom is 0.354 e. The zero-order chi connectivity index (χ0) is 17.5. The molecule has 1 radical (unpaired) electrons. The molecule has 0 bridgehead atoms. The molecular formula is C20H14IrN3O2-. The van der Waals surface area contributed by atoms with Gasteiger partial charge in [-0.1, -0.05) is 24.3 Å². The van der Waals surface area contributed by atoms with Gasteiger partial charge in [0.05, 0.1) is 5.52 Å². The molecule has 0 fully saturated rings. The second-order valence-electron chi connectivity index (χ2n) is 5.06. The molecule has 1 N–H and O–H groups in total. The number of fused-ring (bicyclic) bond motifs is 1. The van der Waals surface area contributed by atoms with Crippen LogP contribution in [0.25, 0.3) is 22.2 Å². The Balaban J connectivity index is 0.000000180. The van der Waals surface area contributed by atoms with E-state index >= 15 is 0 Å². The number of carboxylic acids is 1. The summed E-state index contributed by atoms with van der Waals surface area (Å²) in [5, 5.41) is 9.63. The summed E-state index contributed by atoms with van der Waals surface area (Å²) in [7, 11) is 0. The number of para-hydroxylation sites is 1. The van der Waals surface area contributed by atoms with Crippen LogP contribution < -0.4 is 0 Å². The number of nitrogens with zero attached hydrogens (tertiary/aromatic N) is 3. The van der Waals surface area contributed by atoms with Gasteiger partial charge in [0.15, 0.2) is 0 Å². The van der Waals surface area contributed by atoms with E-state index < -0.39 is 5.97 Å². The minimum absolute atomic E-state index is 0. The van der Waals surface area contributed by atoms with Gasteiger partial charge in [-0.05, 0) is 12.1 Å². The summed E-state index contributed by atoms with van der Waals surface area (Å²) >= 11 is 0. The van der Waals surface area contributed by atoms with Crippen molar-refractivity contribution < 1.29 is 30.0 Å². The van der Waals surface area contributed by atoms with Crippen molar-refractivity contribution in [2.45, 2.75) is 0 Å². The topological polar surface area (TPSA) is 76.0 Å². The van der Waals surface area contributed by atoms with Gasteiger partial charge < -0.3 is 10.1 Å². The van der Waals surface area contributed by atoms with E-state index in [1.165, 1.54) is 6.07 Å². The summed E-state index contributed by atoms with van der Waals surface area (Å²) in [6.45, 7) is 0. The number of aromatic nitrogens is 3. The van der Waals surface area contributed by atoms with Crippen LogP contribution in [0, 0.1) is 6.07 Å². The molecule has 0 atom stereocenters. The van der Waals surface area contributed by atoms with E-state index in [9.17, 15) is 4.79 Å². The molecule has 131 valence electrons. The van der Waals surface area contributed by atoms with Crippen molar-refractivity contribution in [2.24, 2.45) is 0 Å². The summed E-state index contributed by atoms with van der Waals surface area (Å²) in [6, 6.07) is 21.5. The molecule has 26 heavy (non-hydrogen) atoms. The first kappa shape index (κ1) is 19.4. The Morgan fingerprint density at radius 2 is 1.77 bits per heavy atom. The average molecular weight is 521 g/mol. The molecule has 0 aliphatic carbocycles. The van der Waals surface area contributed by atoms with Crippen molar-refractivity contribution in [3.05, 3.63) is 91.0 Å². The Kier molecular flexibility index (Phi) is 7.09. The normalized spacial score (nSPS) is 9.54. The van der Waals surface area contributed by atoms with Crippen LogP contribution in [0.1, 0.15) is 10.5 Å². The number of rotatable bonds is 2. The van der Waals surface area contributed by atoms with Gasteiger partial charge in [0.2, 0.25) is 0 Å². The smallest absolute Gasteiger partial charge is 0.354 e. The third-order valence-corrected chi connectivity index (χ3v) is 3.37. The second-order valence-corrected chi connectivity index (χ2v) is 5.06. The molecule has 0 saturated carbocycles. The molecule has 2 aromatic heterocycles. The average Bonchev–Trinajstić information content (AvgIpc) is 2.69. The largest absolute Gasteiger partial charge is 0.477 e. The van der Waals surface area contributed by atoms with Crippen LogP contribution in [0.4, 0.5) is 0 Å². The number of pyridine rings is 1. The van der Waals surface area contributed by atoms with E-state index in [2.05, 4.69) is 21.0 Å². The van der Waals surface area contributed by atoms with Crippen LogP contribution in [0.3, 0.4) is 0 Å². The first-order valence-electron chi connectivity index (χ1n) is 7.56. The molecule has 0 saturated heterocycles. The van der Waals surface area contributed by atoms with E-state index in [1.54, 1.807) is 30.7 Å². The fraction of sp³-hybridized carbons (Fsp3) is 0. The first-order chi connectivity index (χ1) is 12.2. The van der Waals surface area contributed by atoms with Crippen LogP contribution in [-0.4, -0.2) is 26.0 Å². The maximum absolute atomic E-state index is 10.6. The predicted molar refractivity (Wildman–Crippen MR) is 95.0 cm³/mol. The standard InChI is InChI=1S/C10H7N2.C10H7NO2.Ir/c1-2-4-9(5-3-1)10-8-11-6-7-12-10;12-10(13)9-6-5-7-3-1-2-4-8(7)11-9;/h1-4,6-8H;1-6H,(H,12,13);/q-1;;. The summed E-state index contributed by atoms with van der Waals surface area (Å²) in [6.07, 6.45) is 5.06. The Bertz CT molecular complexity index is 942. The van der Waals surface area contributed by atoms with Crippen LogP contribution >= 0.6 is 0 Å². The number of hydrogen-bond acceptors (Lipinski definition) is 4. The molecule has 0 spiro atoms. The molecule has 4 aromatic rings. The molecule has 5 nitrogen and oxygen atoms in total. The van der Waals surface area contributed by atoms with E-state index in [-0.39, 0.29) is 25.8 Å². The molecule has 2 heterocycles. The Labute approximate surface area is 164 Å². The zero-order valence-electron chi connectivity index (χ0n) is 13.5. The quantitative estimate of drug-likeness (QED) is 0.406. The van der Waals surface area contributed by atoms with Crippen molar-refractivity contribution in [1.29, 1.82) is 0 Å². The van der Waals surface area contributed by atoms with Crippen molar-refractivity contribution in [1.82, 2.24) is 15.0 Å². The second kappa shape index (κ2) is 9.51. The van der Waals surface area contributed by atoms with E-state index in [1.807, 2.05) is 42.5 Å². The number of aromatic carboxylic acids is 1. The SMILES string of the molecule is O=C(O)c1ccc2ccccc2n1.[Ir].[c-]1ccccc1-c1cnccn1. The molecule has 6 heteroatoms. The van der Waals surface area contributed by atoms with Gasteiger partial charge in [-0.2, -0.15) is 0 Å². The van der Waals surface area contributed by atoms with E-state index in [0.29, 0.717) is 5.52 Å². The fourth-order valence-electron chi connectivity index (χ4n) is 2.18. The number of benzene rings is 2. The van der Waals surface area contributed by atoms with Gasteiger partial charge in [0.25, 0.3) is 0 Å². The molecule has 4 rings (SSSR count). The first-order valence-corrected chi connectivity index (χ1v) is 7.56. The number of carboxylic acid groups (broad SMARTS) is 1. The van der Waals surface area contributed by atoms with Gasteiger partial charge >= 0.3 is 5.97 Å². The Morgan fingerprint density at radius 1 is 0.962 bits per heavy atom. The van der Waals surface area contributed by atoms with Crippen molar-refractivity contribution in [3.8, 4) is 11.3 Å². The van der Waals surface area contributed by atoms with E-state index in [4.69, 9.17) is 5.11 Å². The minimum atomic E-state index is -0.995. The summed E-state index contributed by atoms with van der Waals surface area (Å²) in [5.41, 5.74) is 2.63. The Morgan fingerprint density at radius 3 is 2.46 bits per heavy atom. The van der Waals surface area contributed by atoms with Crippen LogP contribution in [0.5, 0.6) is 0 Å². The molecular weight excluding hydrogens is 506 g/mol. The third kappa shape index (κ3) is 5.02. The zero-order valence-corrected chi connectivity index (χ0v) is 15.9. The summed E-state index contributed by atoms with van der Waals surface area (Å²) < 4.78 is 0. The maximum atomic E-state index is 10.6. The van der Waals surface area contributed by atoms with Crippen LogP contribution in [-0.2, 0) is 20.1 Å². The molecule has 0 amide bonds. The predicted octanol–water partition coefficient (Wildman–Crippen LogP) is 3.87. The van der Waals surface area contributed by atoms with Crippen LogP contribution in [0.15, 0.2) is 79.3 Å².